The van der Waals surface area contributed by atoms with E-state index in [0.717, 1.165) is 43.2 Å². The average Bonchev–Trinajstić information content (AvgIpc) is 3.79. The zero-order valence-corrected chi connectivity index (χ0v) is 32.4. The lowest BCUT2D eigenvalue weighted by atomic mass is 9.89. The van der Waals surface area contributed by atoms with Crippen LogP contribution in [0.2, 0.25) is 0 Å². The molecule has 1 amide bonds. The first-order chi connectivity index (χ1) is 25.9. The second-order valence-electron chi connectivity index (χ2n) is 15.3. The van der Waals surface area contributed by atoms with E-state index in [1.807, 2.05) is 70.2 Å². The Labute approximate surface area is 318 Å². The van der Waals surface area contributed by atoms with Gasteiger partial charge >= 0.3 is 5.97 Å². The molecule has 11 heteroatoms. The molecule has 0 aliphatic carbocycles. The Bertz CT molecular complexity index is 1820. The summed E-state index contributed by atoms with van der Waals surface area (Å²) >= 11 is 0. The first kappa shape index (κ1) is 39.9. The Hall–Kier alpha value is -3.76. The van der Waals surface area contributed by atoms with Crippen molar-refractivity contribution >= 4 is 22.8 Å². The fourth-order valence-electron chi connectivity index (χ4n) is 7.43. The molecule has 0 spiro atoms. The van der Waals surface area contributed by atoms with Gasteiger partial charge in [-0.3, -0.25) is 4.79 Å². The van der Waals surface area contributed by atoms with Gasteiger partial charge in [-0.1, -0.05) is 68.9 Å². The molecule has 3 aliphatic rings. The van der Waals surface area contributed by atoms with Gasteiger partial charge in [-0.05, 0) is 76.6 Å². The number of rotatable bonds is 15. The third kappa shape index (κ3) is 9.19. The second kappa shape index (κ2) is 17.4. The molecule has 6 atom stereocenters. The van der Waals surface area contributed by atoms with E-state index in [0.29, 0.717) is 53.7 Å². The molecule has 1 aromatic heterocycles. The summed E-state index contributed by atoms with van der Waals surface area (Å²) in [5, 5.41) is 12.9. The Morgan fingerprint density at radius 1 is 0.926 bits per heavy atom. The van der Waals surface area contributed by atoms with Gasteiger partial charge in [0.2, 0.25) is 5.91 Å². The van der Waals surface area contributed by atoms with Crippen molar-refractivity contribution in [2.45, 2.75) is 141 Å². The topological polar surface area (TPSA) is 135 Å². The van der Waals surface area contributed by atoms with Crippen LogP contribution in [0.3, 0.4) is 0 Å². The van der Waals surface area contributed by atoms with Crippen LogP contribution < -0.4 is 5.32 Å². The van der Waals surface area contributed by atoms with Gasteiger partial charge in [-0.25, -0.2) is 4.79 Å². The first-order valence-corrected chi connectivity index (χ1v) is 19.5. The molecule has 3 aromatic rings. The van der Waals surface area contributed by atoms with Crippen LogP contribution in [-0.4, -0.2) is 79.0 Å². The zero-order valence-electron chi connectivity index (χ0n) is 32.4. The lowest BCUT2D eigenvalue weighted by Gasteiger charge is -2.36. The van der Waals surface area contributed by atoms with Crippen LogP contribution in [0, 0.1) is 11.8 Å². The van der Waals surface area contributed by atoms with Crippen LogP contribution in [-0.2, 0) is 46.1 Å². The molecule has 3 fully saturated rings. The highest BCUT2D eigenvalue weighted by Crippen LogP contribution is 2.44. The van der Waals surface area contributed by atoms with E-state index in [9.17, 15) is 14.7 Å². The largest absolute Gasteiger partial charge is 0.459 e. The fraction of sp³-hybridized carbons (Fsp3) is 0.581. The minimum Gasteiger partial charge on any atom is -0.459 e. The molecule has 54 heavy (non-hydrogen) atoms. The van der Waals surface area contributed by atoms with Gasteiger partial charge in [0.15, 0.2) is 23.4 Å². The number of unbranched alkanes of at least 4 members (excludes halogenated alkanes) is 3. The molecule has 0 saturated carbocycles. The van der Waals surface area contributed by atoms with E-state index in [4.69, 9.17) is 32.8 Å². The number of aliphatic hydroxyl groups is 1. The van der Waals surface area contributed by atoms with Crippen molar-refractivity contribution in [1.82, 2.24) is 5.32 Å². The average molecular weight is 746 g/mol. The van der Waals surface area contributed by atoms with Gasteiger partial charge in [-0.15, -0.1) is 0 Å². The monoisotopic (exact) mass is 745 g/mol. The molecule has 6 unspecified atom stereocenters. The molecule has 0 radical (unpaired) electrons. The van der Waals surface area contributed by atoms with E-state index in [2.05, 4.69) is 31.0 Å². The number of aryl methyl sites for hydroxylation is 1. The number of esters is 1. The minimum absolute atomic E-state index is 0.0128. The normalized spacial score (nSPS) is 24.3. The number of furan rings is 1. The summed E-state index contributed by atoms with van der Waals surface area (Å²) in [5.41, 5.74) is 3.21. The van der Waals surface area contributed by atoms with E-state index in [1.54, 1.807) is 0 Å². The maximum atomic E-state index is 14.3. The molecule has 3 aliphatic heterocycles. The van der Waals surface area contributed by atoms with Gasteiger partial charge in [0, 0.05) is 31.4 Å². The van der Waals surface area contributed by atoms with Crippen LogP contribution in [0.5, 0.6) is 0 Å². The Morgan fingerprint density at radius 3 is 2.39 bits per heavy atom. The van der Waals surface area contributed by atoms with E-state index >= 15 is 0 Å². The van der Waals surface area contributed by atoms with Crippen LogP contribution in [0.4, 0.5) is 0 Å². The molecule has 2 N–H and O–H groups in total. The highest BCUT2D eigenvalue weighted by molar-refractivity contribution is 6.06. The lowest BCUT2D eigenvalue weighted by Crippen LogP contribution is -2.56. The van der Waals surface area contributed by atoms with Gasteiger partial charge < -0.3 is 43.3 Å². The first-order valence-electron chi connectivity index (χ1n) is 19.5. The molecule has 0 bridgehead atoms. The standard InChI is InChI=1S/C43H55NO10/c1-7-9-11-13-19-29-23-27(24-30(28-17-14-12-15-18-28)39(46)44-21-16-22-45)25-31-34(32(20-10-8-2)49-35(29)31)40(47)48-26-33-36-37(52-42(3,4)51-36)38-41(50-33)54-43(5,6)53-38/h12,14-15,17-18,23,25,30,33,36-38,41,45H,7-11,16,20-22,24,26H2,1-6H3,(H,44,46). The fourth-order valence-corrected chi connectivity index (χ4v) is 7.43. The van der Waals surface area contributed by atoms with Crippen LogP contribution in [0.15, 0.2) is 46.9 Å². The lowest BCUT2D eigenvalue weighted by molar-refractivity contribution is -0.240. The predicted molar refractivity (Wildman–Crippen MR) is 202 cm³/mol. The van der Waals surface area contributed by atoms with E-state index in [1.165, 1.54) is 0 Å². The van der Waals surface area contributed by atoms with Crippen molar-refractivity contribution in [3.8, 4) is 11.8 Å². The van der Waals surface area contributed by atoms with Crippen molar-refractivity contribution < 1.29 is 47.5 Å². The molecule has 292 valence electrons. The number of carbonyl (C=O) groups excluding carboxylic acids is 2. The molecule has 3 saturated heterocycles. The molecular weight excluding hydrogens is 690 g/mol. The number of amides is 1. The predicted octanol–water partition coefficient (Wildman–Crippen LogP) is 6.70. The van der Waals surface area contributed by atoms with Gasteiger partial charge in [0.05, 0.1) is 11.5 Å². The van der Waals surface area contributed by atoms with Gasteiger partial charge in [-0.2, -0.15) is 0 Å². The Morgan fingerprint density at radius 2 is 1.65 bits per heavy atom. The number of carbonyl (C=O) groups is 2. The maximum Gasteiger partial charge on any atom is 0.342 e. The number of ether oxygens (including phenoxy) is 6. The van der Waals surface area contributed by atoms with Crippen molar-refractivity contribution in [2.24, 2.45) is 0 Å². The number of nitrogens with one attached hydrogen (secondary N) is 1. The SMILES string of the molecule is CCCCC#Cc1cc(CC(C(=O)NCCCO)c2ccccc2)cc2c(C(=O)OCC3OC4OC(C)(C)OC4C4OC(C)(C)OC34)c(CCCC)oc12. The summed E-state index contributed by atoms with van der Waals surface area (Å²) in [5.74, 6) is 4.18. The molecular formula is C43H55NO10. The number of benzene rings is 2. The third-order valence-electron chi connectivity index (χ3n) is 9.98. The summed E-state index contributed by atoms with van der Waals surface area (Å²) in [4.78, 5) is 27.9. The third-order valence-corrected chi connectivity index (χ3v) is 9.98. The van der Waals surface area contributed by atoms with Crippen molar-refractivity contribution in [2.75, 3.05) is 19.8 Å². The quantitative estimate of drug-likeness (QED) is 0.0984. The van der Waals surface area contributed by atoms with Crippen LogP contribution in [0.25, 0.3) is 11.0 Å². The van der Waals surface area contributed by atoms with Crippen LogP contribution in [0.1, 0.15) is 119 Å². The molecule has 2 aromatic carbocycles. The van der Waals surface area contributed by atoms with Gasteiger partial charge in [0.25, 0.3) is 0 Å². The molecule has 6 rings (SSSR count). The van der Waals surface area contributed by atoms with Crippen molar-refractivity contribution in [3.63, 3.8) is 0 Å². The van der Waals surface area contributed by atoms with E-state index < -0.39 is 54.2 Å². The summed E-state index contributed by atoms with van der Waals surface area (Å²) < 4.78 is 43.6. The highest BCUT2D eigenvalue weighted by Gasteiger charge is 2.61. The summed E-state index contributed by atoms with van der Waals surface area (Å²) in [6, 6.07) is 13.5. The Balaban J connectivity index is 1.35. The second-order valence-corrected chi connectivity index (χ2v) is 15.3. The van der Waals surface area contributed by atoms with Crippen molar-refractivity contribution in [3.05, 3.63) is 70.5 Å². The van der Waals surface area contributed by atoms with Gasteiger partial charge in [0.1, 0.15) is 42.3 Å². The number of hydrogen-bond acceptors (Lipinski definition) is 10. The highest BCUT2D eigenvalue weighted by atomic mass is 16.9. The van der Waals surface area contributed by atoms with Crippen LogP contribution >= 0.6 is 0 Å². The summed E-state index contributed by atoms with van der Waals surface area (Å²) in [6.07, 6.45) is 2.84. The molecule has 4 heterocycles. The summed E-state index contributed by atoms with van der Waals surface area (Å²) in [7, 11) is 0. The number of aliphatic hydroxyl groups excluding tert-OH is 1. The zero-order chi connectivity index (χ0) is 38.5. The van der Waals surface area contributed by atoms with E-state index in [-0.39, 0.29) is 19.1 Å². The maximum absolute atomic E-state index is 14.3. The smallest absolute Gasteiger partial charge is 0.342 e. The van der Waals surface area contributed by atoms with Crippen molar-refractivity contribution in [1.29, 1.82) is 0 Å². The summed E-state index contributed by atoms with van der Waals surface area (Å²) in [6.45, 7) is 11.8. The minimum atomic E-state index is -0.891. The number of fused-ring (bicyclic) bond motifs is 4. The number of hydrogen-bond donors (Lipinski definition) is 2. The molecule has 11 nitrogen and oxygen atoms in total. The Kier molecular flexibility index (Phi) is 12.8.